The SMILES string of the molecule is C[C@@H](/C=C\C=O)[C@H](O[Si](C)(C)C(C)(C)C)[C@@H](C)CO[Si](c1ccccc1)(c1ccccc1)C(C)(C)C. The Hall–Kier alpha value is -1.80. The van der Waals surface area contributed by atoms with Crippen molar-refractivity contribution in [1.82, 2.24) is 0 Å². The molecule has 0 amide bonds. The normalized spacial score (nSPS) is 16.1. The van der Waals surface area contributed by atoms with Gasteiger partial charge < -0.3 is 8.85 Å². The van der Waals surface area contributed by atoms with Crippen molar-refractivity contribution in [2.45, 2.75) is 84.7 Å². The van der Waals surface area contributed by atoms with Crippen LogP contribution in [0.1, 0.15) is 55.4 Å². The lowest BCUT2D eigenvalue weighted by molar-refractivity contribution is -0.104. The Morgan fingerprint density at radius 2 is 1.28 bits per heavy atom. The zero-order valence-electron chi connectivity index (χ0n) is 24.2. The summed E-state index contributed by atoms with van der Waals surface area (Å²) in [5, 5.41) is 2.59. The van der Waals surface area contributed by atoms with Crippen LogP contribution in [0.2, 0.25) is 23.2 Å². The first kappa shape index (κ1) is 30.4. The molecule has 0 aliphatic rings. The van der Waals surface area contributed by atoms with E-state index in [0.717, 1.165) is 6.29 Å². The topological polar surface area (TPSA) is 35.5 Å². The highest BCUT2D eigenvalue weighted by atomic mass is 28.4. The molecule has 36 heavy (non-hydrogen) atoms. The van der Waals surface area contributed by atoms with Crippen LogP contribution < -0.4 is 10.4 Å². The van der Waals surface area contributed by atoms with Crippen LogP contribution in [0.5, 0.6) is 0 Å². The number of aldehydes is 1. The Labute approximate surface area is 222 Å². The van der Waals surface area contributed by atoms with E-state index in [4.69, 9.17) is 8.85 Å². The third kappa shape index (κ3) is 6.94. The Bertz CT molecular complexity index is 933. The third-order valence-corrected chi connectivity index (χ3v) is 17.3. The molecule has 2 rings (SSSR count). The molecule has 0 aliphatic carbocycles. The molecule has 0 bridgehead atoms. The largest absolute Gasteiger partial charge is 0.413 e. The van der Waals surface area contributed by atoms with Gasteiger partial charge in [0.1, 0.15) is 6.29 Å². The molecular weight excluding hydrogens is 477 g/mol. The number of hydrogen-bond acceptors (Lipinski definition) is 3. The first-order valence-corrected chi connectivity index (χ1v) is 18.0. The van der Waals surface area contributed by atoms with E-state index in [9.17, 15) is 4.79 Å². The molecular formula is C31H48O3Si2. The molecule has 0 unspecified atom stereocenters. The average molecular weight is 525 g/mol. The van der Waals surface area contributed by atoms with Gasteiger partial charge >= 0.3 is 0 Å². The molecule has 0 spiro atoms. The minimum absolute atomic E-state index is 0.0414. The highest BCUT2D eigenvalue weighted by molar-refractivity contribution is 6.99. The van der Waals surface area contributed by atoms with Crippen molar-refractivity contribution < 1.29 is 13.6 Å². The molecule has 198 valence electrons. The van der Waals surface area contributed by atoms with E-state index in [1.165, 1.54) is 10.4 Å². The molecule has 0 aliphatic heterocycles. The Morgan fingerprint density at radius 3 is 1.67 bits per heavy atom. The standard InChI is InChI=1S/C31H48O3Si2/c1-25(18-17-23-32)29(34-35(9,10)30(3,4)5)26(2)24-33-36(31(6,7)8,27-19-13-11-14-20-27)28-21-15-12-16-22-28/h11-23,25-26,29H,24H2,1-10H3/b18-17-/t25-,26-,29-/m0/s1. The lowest BCUT2D eigenvalue weighted by atomic mass is 9.94. The number of benzene rings is 2. The molecule has 3 nitrogen and oxygen atoms in total. The zero-order chi connectivity index (χ0) is 27.2. The summed E-state index contributed by atoms with van der Waals surface area (Å²) in [7, 11) is -4.67. The van der Waals surface area contributed by atoms with E-state index in [0.29, 0.717) is 6.61 Å². The van der Waals surface area contributed by atoms with Crippen LogP contribution in [-0.2, 0) is 13.6 Å². The summed E-state index contributed by atoms with van der Waals surface area (Å²) in [5.74, 6) is 0.245. The third-order valence-electron chi connectivity index (χ3n) is 7.79. The van der Waals surface area contributed by atoms with Crippen LogP contribution in [0.3, 0.4) is 0 Å². The van der Waals surface area contributed by atoms with Gasteiger partial charge in [-0.25, -0.2) is 0 Å². The van der Waals surface area contributed by atoms with Crippen molar-refractivity contribution in [1.29, 1.82) is 0 Å². The number of hydrogen-bond donors (Lipinski definition) is 0. The lowest BCUT2D eigenvalue weighted by Crippen LogP contribution is -2.67. The van der Waals surface area contributed by atoms with Crippen LogP contribution in [-0.4, -0.2) is 35.6 Å². The van der Waals surface area contributed by atoms with Crippen molar-refractivity contribution in [2.75, 3.05) is 6.61 Å². The maximum atomic E-state index is 11.1. The monoisotopic (exact) mass is 524 g/mol. The van der Waals surface area contributed by atoms with Gasteiger partial charge in [0.15, 0.2) is 8.32 Å². The maximum Gasteiger partial charge on any atom is 0.261 e. The van der Waals surface area contributed by atoms with Gasteiger partial charge in [0.05, 0.1) is 6.10 Å². The fourth-order valence-corrected chi connectivity index (χ4v) is 10.9. The summed E-state index contributed by atoms with van der Waals surface area (Å²) >= 11 is 0. The molecule has 0 N–H and O–H groups in total. The molecule has 0 saturated heterocycles. The number of rotatable bonds is 11. The van der Waals surface area contributed by atoms with Gasteiger partial charge in [0.25, 0.3) is 8.32 Å². The molecule has 5 heteroatoms. The molecule has 2 aromatic carbocycles. The average Bonchev–Trinajstić information content (AvgIpc) is 2.81. The molecule has 3 atom stereocenters. The van der Waals surface area contributed by atoms with Gasteiger partial charge in [-0.1, -0.05) is 122 Å². The molecule has 0 radical (unpaired) electrons. The molecule has 2 aromatic rings. The van der Waals surface area contributed by atoms with Crippen molar-refractivity contribution in [3.8, 4) is 0 Å². The van der Waals surface area contributed by atoms with Gasteiger partial charge in [-0.2, -0.15) is 0 Å². The van der Waals surface area contributed by atoms with Crippen LogP contribution in [0.15, 0.2) is 72.8 Å². The Balaban J connectivity index is 2.51. The Kier molecular flexibility index (Phi) is 10.3. The quantitative estimate of drug-likeness (QED) is 0.181. The number of allylic oxidation sites excluding steroid dienone is 1. The summed E-state index contributed by atoms with van der Waals surface area (Å²) in [5.41, 5.74) is 0. The smallest absolute Gasteiger partial charge is 0.261 e. The maximum absolute atomic E-state index is 11.1. The summed E-state index contributed by atoms with van der Waals surface area (Å²) in [6.45, 7) is 23.3. The van der Waals surface area contributed by atoms with Crippen molar-refractivity contribution in [3.05, 3.63) is 72.8 Å². The minimum Gasteiger partial charge on any atom is -0.413 e. The van der Waals surface area contributed by atoms with Crippen LogP contribution in [0, 0.1) is 11.8 Å². The first-order chi connectivity index (χ1) is 16.7. The predicted octanol–water partition coefficient (Wildman–Crippen LogP) is 6.98. The summed E-state index contributed by atoms with van der Waals surface area (Å²) in [6.07, 6.45) is 4.39. The van der Waals surface area contributed by atoms with E-state index < -0.39 is 16.6 Å². The van der Waals surface area contributed by atoms with E-state index in [-0.39, 0.29) is 28.0 Å². The molecule has 0 saturated carbocycles. The van der Waals surface area contributed by atoms with Crippen molar-refractivity contribution in [2.24, 2.45) is 11.8 Å². The second kappa shape index (κ2) is 12.2. The van der Waals surface area contributed by atoms with Gasteiger partial charge in [-0.05, 0) is 45.5 Å². The van der Waals surface area contributed by atoms with E-state index in [1.54, 1.807) is 6.08 Å². The fourth-order valence-electron chi connectivity index (χ4n) is 4.70. The van der Waals surface area contributed by atoms with Crippen LogP contribution in [0.25, 0.3) is 0 Å². The summed E-state index contributed by atoms with van der Waals surface area (Å²) in [6, 6.07) is 21.5. The van der Waals surface area contributed by atoms with Gasteiger partial charge in [0.2, 0.25) is 0 Å². The highest BCUT2D eigenvalue weighted by Gasteiger charge is 2.50. The summed E-state index contributed by atoms with van der Waals surface area (Å²) < 4.78 is 14.2. The minimum atomic E-state index is -2.63. The van der Waals surface area contributed by atoms with Crippen LogP contribution in [0.4, 0.5) is 0 Å². The molecule has 0 aromatic heterocycles. The van der Waals surface area contributed by atoms with E-state index in [2.05, 4.69) is 129 Å². The van der Waals surface area contributed by atoms with Crippen molar-refractivity contribution >= 4 is 33.3 Å². The fraction of sp³-hybridized carbons (Fsp3) is 0.516. The molecule has 0 fully saturated rings. The zero-order valence-corrected chi connectivity index (χ0v) is 26.2. The lowest BCUT2D eigenvalue weighted by Gasteiger charge is -2.45. The molecule has 0 heterocycles. The second-order valence-corrected chi connectivity index (χ2v) is 21.7. The van der Waals surface area contributed by atoms with Crippen molar-refractivity contribution in [3.63, 3.8) is 0 Å². The van der Waals surface area contributed by atoms with E-state index in [1.807, 2.05) is 6.08 Å². The van der Waals surface area contributed by atoms with Crippen LogP contribution >= 0.6 is 0 Å². The van der Waals surface area contributed by atoms with E-state index >= 15 is 0 Å². The first-order valence-electron chi connectivity index (χ1n) is 13.2. The van der Waals surface area contributed by atoms with Gasteiger partial charge in [-0.15, -0.1) is 0 Å². The predicted molar refractivity (Wildman–Crippen MR) is 159 cm³/mol. The highest BCUT2D eigenvalue weighted by Crippen LogP contribution is 2.40. The number of carbonyl (C=O) groups excluding carboxylic acids is 1. The summed E-state index contributed by atoms with van der Waals surface area (Å²) in [4.78, 5) is 11.1. The Morgan fingerprint density at radius 1 is 0.806 bits per heavy atom. The second-order valence-electron chi connectivity index (χ2n) is 12.7. The number of carbonyl (C=O) groups is 1. The van der Waals surface area contributed by atoms with Gasteiger partial charge in [0, 0.05) is 12.5 Å². The van der Waals surface area contributed by atoms with Gasteiger partial charge in [-0.3, -0.25) is 4.79 Å².